The van der Waals surface area contributed by atoms with E-state index in [2.05, 4.69) is 5.16 Å². The van der Waals surface area contributed by atoms with Crippen molar-refractivity contribution in [3.05, 3.63) is 95.6 Å². The zero-order chi connectivity index (χ0) is 23.4. The minimum Gasteiger partial charge on any atom is -0.503 e. The van der Waals surface area contributed by atoms with E-state index in [0.717, 1.165) is 5.56 Å². The fourth-order valence-corrected chi connectivity index (χ4v) is 3.59. The number of oxime groups is 1. The fourth-order valence-electron chi connectivity index (χ4n) is 3.59. The summed E-state index contributed by atoms with van der Waals surface area (Å²) in [7, 11) is 3.00. The van der Waals surface area contributed by atoms with E-state index in [1.807, 2.05) is 30.3 Å². The van der Waals surface area contributed by atoms with Crippen molar-refractivity contribution in [2.45, 2.75) is 0 Å². The Morgan fingerprint density at radius 1 is 0.909 bits per heavy atom. The summed E-state index contributed by atoms with van der Waals surface area (Å²) in [6.45, 7) is 0. The van der Waals surface area contributed by atoms with Crippen LogP contribution >= 0.6 is 0 Å². The van der Waals surface area contributed by atoms with Gasteiger partial charge in [-0.15, -0.1) is 0 Å². The van der Waals surface area contributed by atoms with Crippen LogP contribution in [0.2, 0.25) is 0 Å². The number of carbonyl (C=O) groups is 1. The number of nitrogens with zero attached hydrogens (tertiary/aromatic N) is 2. The van der Waals surface area contributed by atoms with Gasteiger partial charge in [-0.2, -0.15) is 0 Å². The topological polar surface area (TPSA) is 93.3 Å². The molecule has 7 heteroatoms. The first kappa shape index (κ1) is 21.7. The number of ether oxygens (including phenoxy) is 1. The van der Waals surface area contributed by atoms with E-state index in [1.165, 1.54) is 11.7 Å². The average molecular weight is 442 g/mol. The number of aromatic nitrogens is 1. The molecule has 0 aliphatic carbocycles. The largest absolute Gasteiger partial charge is 0.503 e. The molecule has 1 aromatic heterocycles. The quantitative estimate of drug-likeness (QED) is 0.244. The van der Waals surface area contributed by atoms with Crippen LogP contribution in [0.25, 0.3) is 16.9 Å². The van der Waals surface area contributed by atoms with Crippen molar-refractivity contribution in [3.63, 3.8) is 0 Å². The zero-order valence-electron chi connectivity index (χ0n) is 18.1. The molecule has 0 aliphatic rings. The van der Waals surface area contributed by atoms with Crippen molar-refractivity contribution in [1.82, 2.24) is 4.57 Å². The Labute approximate surface area is 190 Å². The molecule has 166 valence electrons. The summed E-state index contributed by atoms with van der Waals surface area (Å²) in [5, 5.41) is 25.5. The Morgan fingerprint density at radius 3 is 2.18 bits per heavy atom. The van der Waals surface area contributed by atoms with Crippen LogP contribution in [0.4, 0.5) is 0 Å². The molecule has 0 atom stereocenters. The van der Waals surface area contributed by atoms with Gasteiger partial charge < -0.3 is 19.8 Å². The summed E-state index contributed by atoms with van der Waals surface area (Å²) in [6.07, 6.45) is 1.55. The second-order valence-electron chi connectivity index (χ2n) is 7.16. The van der Waals surface area contributed by atoms with E-state index in [4.69, 9.17) is 9.57 Å². The number of hydrogen-bond donors (Lipinski definition) is 2. The first-order valence-electron chi connectivity index (χ1n) is 10.1. The summed E-state index contributed by atoms with van der Waals surface area (Å²) in [5.41, 5.74) is 2.75. The number of benzene rings is 3. The molecule has 0 aliphatic heterocycles. The first-order valence-corrected chi connectivity index (χ1v) is 10.1. The van der Waals surface area contributed by atoms with Crippen LogP contribution in [0, 0.1) is 0 Å². The fraction of sp³-hybridized carbons (Fsp3) is 0.0769. The number of carbonyl (C=O) groups excluding carboxylic acids is 1. The average Bonchev–Trinajstić information content (AvgIpc) is 3.13. The Balaban J connectivity index is 1.91. The van der Waals surface area contributed by atoms with Crippen molar-refractivity contribution < 1.29 is 24.6 Å². The van der Waals surface area contributed by atoms with Gasteiger partial charge in [0, 0.05) is 11.3 Å². The van der Waals surface area contributed by atoms with Crippen LogP contribution in [0.5, 0.6) is 17.4 Å². The molecule has 1 heterocycles. The summed E-state index contributed by atoms with van der Waals surface area (Å²) in [6, 6.07) is 22.8. The van der Waals surface area contributed by atoms with Crippen molar-refractivity contribution >= 4 is 12.0 Å². The van der Waals surface area contributed by atoms with E-state index in [9.17, 15) is 15.0 Å². The Kier molecular flexibility index (Phi) is 6.13. The van der Waals surface area contributed by atoms with Crippen molar-refractivity contribution in [3.8, 4) is 34.3 Å². The standard InChI is InChI=1S/C26H22N2O5/c1-32-21-14-10-19(11-15-21)24(29)22-23(18-6-4-3-5-7-18)28(26(31)25(22)30)20-12-8-17(9-13-20)16-27-33-2/h3-16,30-31H,1-2H3. The van der Waals surface area contributed by atoms with E-state index in [1.54, 1.807) is 61.9 Å². The predicted octanol–water partition coefficient (Wildman–Crippen LogP) is 4.78. The van der Waals surface area contributed by atoms with Crippen LogP contribution in [-0.2, 0) is 4.84 Å². The van der Waals surface area contributed by atoms with Gasteiger partial charge in [-0.1, -0.05) is 47.6 Å². The van der Waals surface area contributed by atoms with Crippen LogP contribution in [-0.4, -0.2) is 41.0 Å². The highest BCUT2D eigenvalue weighted by molar-refractivity contribution is 6.15. The Bertz CT molecular complexity index is 1290. The lowest BCUT2D eigenvalue weighted by Gasteiger charge is -2.12. The lowest BCUT2D eigenvalue weighted by atomic mass is 9.99. The molecule has 0 radical (unpaired) electrons. The normalized spacial score (nSPS) is 11.0. The van der Waals surface area contributed by atoms with Gasteiger partial charge in [-0.3, -0.25) is 9.36 Å². The molecule has 0 spiro atoms. The lowest BCUT2D eigenvalue weighted by Crippen LogP contribution is -2.05. The van der Waals surface area contributed by atoms with Gasteiger partial charge >= 0.3 is 0 Å². The van der Waals surface area contributed by atoms with Crippen molar-refractivity contribution in [1.29, 1.82) is 0 Å². The number of ketones is 1. The van der Waals surface area contributed by atoms with Gasteiger partial charge in [-0.05, 0) is 47.5 Å². The third-order valence-corrected chi connectivity index (χ3v) is 5.21. The molecular weight excluding hydrogens is 420 g/mol. The van der Waals surface area contributed by atoms with Gasteiger partial charge in [0.25, 0.3) is 0 Å². The SMILES string of the molecule is CON=Cc1ccc(-n2c(O)c(O)c(C(=O)c3ccc(OC)cc3)c2-c2ccccc2)cc1. The molecule has 0 fully saturated rings. The van der Waals surface area contributed by atoms with Crippen molar-refractivity contribution in [2.75, 3.05) is 14.2 Å². The summed E-state index contributed by atoms with van der Waals surface area (Å²) >= 11 is 0. The first-order chi connectivity index (χ1) is 16.0. The maximum Gasteiger partial charge on any atom is 0.240 e. The molecule has 4 rings (SSSR count). The second-order valence-corrected chi connectivity index (χ2v) is 7.16. The van der Waals surface area contributed by atoms with Gasteiger partial charge in [0.2, 0.25) is 5.88 Å². The smallest absolute Gasteiger partial charge is 0.240 e. The van der Waals surface area contributed by atoms with Crippen LogP contribution in [0.15, 0.2) is 84.0 Å². The molecule has 0 saturated heterocycles. The predicted molar refractivity (Wildman–Crippen MR) is 126 cm³/mol. The Hall–Kier alpha value is -4.52. The minimum atomic E-state index is -0.486. The zero-order valence-corrected chi connectivity index (χ0v) is 18.1. The molecule has 3 aromatic carbocycles. The summed E-state index contributed by atoms with van der Waals surface area (Å²) in [5.74, 6) is -0.729. The highest BCUT2D eigenvalue weighted by Crippen LogP contribution is 2.44. The van der Waals surface area contributed by atoms with Gasteiger partial charge in [0.05, 0.1) is 24.6 Å². The molecule has 33 heavy (non-hydrogen) atoms. The monoisotopic (exact) mass is 442 g/mol. The van der Waals surface area contributed by atoms with E-state index in [0.29, 0.717) is 28.3 Å². The van der Waals surface area contributed by atoms with E-state index in [-0.39, 0.29) is 5.56 Å². The molecule has 2 N–H and O–H groups in total. The lowest BCUT2D eigenvalue weighted by molar-refractivity contribution is 0.103. The molecule has 4 aromatic rings. The molecule has 0 bridgehead atoms. The Morgan fingerprint density at radius 2 is 1.58 bits per heavy atom. The van der Waals surface area contributed by atoms with Gasteiger partial charge in [0.15, 0.2) is 11.5 Å². The number of hydrogen-bond acceptors (Lipinski definition) is 6. The molecular formula is C26H22N2O5. The highest BCUT2D eigenvalue weighted by atomic mass is 16.6. The van der Waals surface area contributed by atoms with E-state index >= 15 is 0 Å². The molecule has 0 saturated carbocycles. The maximum absolute atomic E-state index is 13.5. The van der Waals surface area contributed by atoms with E-state index < -0.39 is 17.4 Å². The maximum atomic E-state index is 13.5. The molecule has 7 nitrogen and oxygen atoms in total. The summed E-state index contributed by atoms with van der Waals surface area (Å²) in [4.78, 5) is 18.2. The van der Waals surface area contributed by atoms with Crippen molar-refractivity contribution in [2.24, 2.45) is 5.16 Å². The number of rotatable bonds is 7. The number of methoxy groups -OCH3 is 1. The van der Waals surface area contributed by atoms with Crippen LogP contribution < -0.4 is 4.74 Å². The highest BCUT2D eigenvalue weighted by Gasteiger charge is 2.29. The molecule has 0 unspecified atom stereocenters. The van der Waals surface area contributed by atoms with Crippen LogP contribution in [0.1, 0.15) is 21.5 Å². The third-order valence-electron chi connectivity index (χ3n) is 5.21. The number of aromatic hydroxyl groups is 2. The molecule has 0 amide bonds. The van der Waals surface area contributed by atoms with Gasteiger partial charge in [-0.25, -0.2) is 0 Å². The van der Waals surface area contributed by atoms with Gasteiger partial charge in [0.1, 0.15) is 12.9 Å². The third kappa shape index (κ3) is 4.16. The summed E-state index contributed by atoms with van der Waals surface area (Å²) < 4.78 is 6.62. The van der Waals surface area contributed by atoms with Crippen LogP contribution in [0.3, 0.4) is 0 Å². The second kappa shape index (κ2) is 9.32. The minimum absolute atomic E-state index is 0.00823.